The van der Waals surface area contributed by atoms with E-state index in [4.69, 9.17) is 4.74 Å². The first-order valence-electron chi connectivity index (χ1n) is 5.94. The molecular weight excluding hydrogens is 200 g/mol. The van der Waals surface area contributed by atoms with Gasteiger partial charge in [-0.3, -0.25) is 4.79 Å². The number of Topliss-reactive ketones (excluding diaryl/α,β-unsaturated/α-hetero) is 1. The zero-order chi connectivity index (χ0) is 11.3. The van der Waals surface area contributed by atoms with Crippen LogP contribution in [0.5, 0.6) is 5.75 Å². The quantitative estimate of drug-likeness (QED) is 0.666. The number of hydrogen-bond donors (Lipinski definition) is 0. The minimum atomic E-state index is -0.273. The van der Waals surface area contributed by atoms with Crippen LogP contribution in [0.15, 0.2) is 24.3 Å². The number of carbonyl (C=O) groups excluding carboxylic acids is 1. The van der Waals surface area contributed by atoms with E-state index in [9.17, 15) is 4.79 Å². The highest BCUT2D eigenvalue weighted by Gasteiger charge is 2.52. The van der Waals surface area contributed by atoms with Crippen LogP contribution in [0.2, 0.25) is 0 Å². The van der Waals surface area contributed by atoms with Crippen molar-refractivity contribution in [3.8, 4) is 5.75 Å². The molecule has 0 N–H and O–H groups in total. The van der Waals surface area contributed by atoms with Gasteiger partial charge >= 0.3 is 0 Å². The lowest BCUT2D eigenvalue weighted by Crippen LogP contribution is -2.46. The Morgan fingerprint density at radius 1 is 1.38 bits per heavy atom. The number of para-hydroxylation sites is 1. The van der Waals surface area contributed by atoms with Gasteiger partial charge in [0.25, 0.3) is 0 Å². The maximum atomic E-state index is 12.4. The summed E-state index contributed by atoms with van der Waals surface area (Å²) in [5, 5.41) is 0. The Morgan fingerprint density at radius 2 is 2.12 bits per heavy atom. The number of ketones is 1. The molecule has 2 nitrogen and oxygen atoms in total. The van der Waals surface area contributed by atoms with E-state index < -0.39 is 0 Å². The molecule has 3 rings (SSSR count). The molecule has 1 aliphatic carbocycles. The maximum absolute atomic E-state index is 12.4. The fourth-order valence-corrected chi connectivity index (χ4v) is 3.27. The third-order valence-corrected chi connectivity index (χ3v) is 4.10. The van der Waals surface area contributed by atoms with Crippen LogP contribution < -0.4 is 4.74 Å². The van der Waals surface area contributed by atoms with Crippen molar-refractivity contribution >= 4 is 5.78 Å². The van der Waals surface area contributed by atoms with Crippen LogP contribution >= 0.6 is 0 Å². The molecule has 0 saturated heterocycles. The topological polar surface area (TPSA) is 26.3 Å². The Bertz CT molecular complexity index is 452. The molecule has 1 heterocycles. The molecule has 1 aromatic rings. The van der Waals surface area contributed by atoms with Gasteiger partial charge in [0, 0.05) is 0 Å². The Labute approximate surface area is 95.6 Å². The summed E-state index contributed by atoms with van der Waals surface area (Å²) < 4.78 is 6.06. The van der Waals surface area contributed by atoms with Crippen LogP contribution in [-0.4, -0.2) is 11.4 Å². The fraction of sp³-hybridized carbons (Fsp3) is 0.500. The van der Waals surface area contributed by atoms with Gasteiger partial charge in [-0.05, 0) is 37.8 Å². The first-order valence-corrected chi connectivity index (χ1v) is 5.94. The molecule has 2 heteroatoms. The molecule has 0 aromatic heterocycles. The van der Waals surface area contributed by atoms with E-state index in [2.05, 4.69) is 13.8 Å². The van der Waals surface area contributed by atoms with Crippen molar-refractivity contribution in [1.29, 1.82) is 0 Å². The number of rotatable bonds is 0. The molecule has 1 fully saturated rings. The van der Waals surface area contributed by atoms with Gasteiger partial charge in [-0.2, -0.15) is 0 Å². The molecule has 2 aliphatic rings. The summed E-state index contributed by atoms with van der Waals surface area (Å²) >= 11 is 0. The minimum absolute atomic E-state index is 0.0439. The van der Waals surface area contributed by atoms with Crippen molar-refractivity contribution in [3.63, 3.8) is 0 Å². The van der Waals surface area contributed by atoms with Gasteiger partial charge in [0.2, 0.25) is 0 Å². The zero-order valence-corrected chi connectivity index (χ0v) is 9.69. The SMILES string of the molecule is C[C@H]1CC[C@]2(C)Oc3ccccc3C(=O)[C@H]12. The molecule has 1 saturated carbocycles. The van der Waals surface area contributed by atoms with Crippen LogP contribution in [0.3, 0.4) is 0 Å². The summed E-state index contributed by atoms with van der Waals surface area (Å²) in [5.41, 5.74) is 0.490. The highest BCUT2D eigenvalue weighted by molar-refractivity contribution is 6.02. The summed E-state index contributed by atoms with van der Waals surface area (Å²) in [4.78, 5) is 12.4. The second-order valence-electron chi connectivity index (χ2n) is 5.27. The molecule has 0 amide bonds. The van der Waals surface area contributed by atoms with Gasteiger partial charge in [-0.1, -0.05) is 19.1 Å². The first-order chi connectivity index (χ1) is 7.62. The lowest BCUT2D eigenvalue weighted by atomic mass is 9.79. The maximum Gasteiger partial charge on any atom is 0.173 e. The molecule has 0 unspecified atom stereocenters. The van der Waals surface area contributed by atoms with Crippen molar-refractivity contribution in [1.82, 2.24) is 0 Å². The number of fused-ring (bicyclic) bond motifs is 2. The summed E-state index contributed by atoms with van der Waals surface area (Å²) in [6, 6.07) is 7.61. The normalized spacial score (nSPS) is 36.5. The van der Waals surface area contributed by atoms with E-state index >= 15 is 0 Å². The molecule has 16 heavy (non-hydrogen) atoms. The molecule has 0 bridgehead atoms. The number of hydrogen-bond acceptors (Lipinski definition) is 2. The monoisotopic (exact) mass is 216 g/mol. The molecule has 1 aliphatic heterocycles. The molecule has 0 radical (unpaired) electrons. The van der Waals surface area contributed by atoms with Gasteiger partial charge < -0.3 is 4.74 Å². The standard InChI is InChI=1S/C14H16O2/c1-9-7-8-14(2)12(9)13(15)10-5-3-4-6-11(10)16-14/h3-6,9,12H,7-8H2,1-2H3/t9-,12-,14-/m0/s1. The third kappa shape index (κ3) is 1.16. The Kier molecular flexibility index (Phi) is 1.91. The van der Waals surface area contributed by atoms with E-state index in [-0.39, 0.29) is 17.3 Å². The zero-order valence-electron chi connectivity index (χ0n) is 9.69. The van der Waals surface area contributed by atoms with E-state index in [1.165, 1.54) is 0 Å². The number of ether oxygens (including phenoxy) is 1. The van der Waals surface area contributed by atoms with Crippen molar-refractivity contribution in [3.05, 3.63) is 29.8 Å². The van der Waals surface area contributed by atoms with E-state index in [1.807, 2.05) is 24.3 Å². The molecule has 1 aromatic carbocycles. The van der Waals surface area contributed by atoms with Gasteiger partial charge in [-0.25, -0.2) is 0 Å². The average Bonchev–Trinajstić information content (AvgIpc) is 2.55. The predicted molar refractivity (Wildman–Crippen MR) is 61.7 cm³/mol. The van der Waals surface area contributed by atoms with E-state index in [0.717, 1.165) is 24.2 Å². The smallest absolute Gasteiger partial charge is 0.173 e. The summed E-state index contributed by atoms with van der Waals surface area (Å²) in [7, 11) is 0. The van der Waals surface area contributed by atoms with Crippen LogP contribution in [0.1, 0.15) is 37.0 Å². The minimum Gasteiger partial charge on any atom is -0.486 e. The highest BCUT2D eigenvalue weighted by atomic mass is 16.5. The Morgan fingerprint density at radius 3 is 2.94 bits per heavy atom. The fourth-order valence-electron chi connectivity index (χ4n) is 3.27. The number of benzene rings is 1. The summed E-state index contributed by atoms with van der Waals surface area (Å²) in [5.74, 6) is 1.52. The highest BCUT2D eigenvalue weighted by Crippen LogP contribution is 2.48. The van der Waals surface area contributed by atoms with Crippen LogP contribution in [0.4, 0.5) is 0 Å². The van der Waals surface area contributed by atoms with E-state index in [0.29, 0.717) is 5.92 Å². The van der Waals surface area contributed by atoms with Crippen molar-refractivity contribution in [2.24, 2.45) is 11.8 Å². The largest absolute Gasteiger partial charge is 0.486 e. The van der Waals surface area contributed by atoms with Crippen molar-refractivity contribution < 1.29 is 9.53 Å². The van der Waals surface area contributed by atoms with Gasteiger partial charge in [0.15, 0.2) is 5.78 Å². The van der Waals surface area contributed by atoms with Crippen LogP contribution in [-0.2, 0) is 0 Å². The second-order valence-corrected chi connectivity index (χ2v) is 5.27. The van der Waals surface area contributed by atoms with Gasteiger partial charge in [0.05, 0.1) is 11.5 Å². The molecular formula is C14H16O2. The average molecular weight is 216 g/mol. The molecule has 84 valence electrons. The second kappa shape index (κ2) is 3.09. The Balaban J connectivity index is 2.13. The van der Waals surface area contributed by atoms with Crippen LogP contribution in [0, 0.1) is 11.8 Å². The first kappa shape index (κ1) is 9.88. The summed E-state index contributed by atoms with van der Waals surface area (Å²) in [6.45, 7) is 4.24. The molecule has 0 spiro atoms. The summed E-state index contributed by atoms with van der Waals surface area (Å²) in [6.07, 6.45) is 2.07. The van der Waals surface area contributed by atoms with Crippen LogP contribution in [0.25, 0.3) is 0 Å². The Hall–Kier alpha value is -1.31. The van der Waals surface area contributed by atoms with E-state index in [1.54, 1.807) is 0 Å². The number of carbonyl (C=O) groups is 1. The lowest BCUT2D eigenvalue weighted by molar-refractivity contribution is 0.0232. The van der Waals surface area contributed by atoms with Gasteiger partial charge in [0.1, 0.15) is 11.4 Å². The van der Waals surface area contributed by atoms with Gasteiger partial charge in [-0.15, -0.1) is 0 Å². The van der Waals surface area contributed by atoms with Crippen molar-refractivity contribution in [2.45, 2.75) is 32.3 Å². The molecule has 3 atom stereocenters. The predicted octanol–water partition coefficient (Wildman–Crippen LogP) is 3.07. The van der Waals surface area contributed by atoms with Crippen molar-refractivity contribution in [2.75, 3.05) is 0 Å². The third-order valence-electron chi connectivity index (χ3n) is 4.10. The lowest BCUT2D eigenvalue weighted by Gasteiger charge is -2.38.